The summed E-state index contributed by atoms with van der Waals surface area (Å²) in [6.45, 7) is 3.69. The van der Waals surface area contributed by atoms with Crippen LogP contribution in [0.25, 0.3) is 0 Å². The quantitative estimate of drug-likeness (QED) is 0.930. The molecule has 1 aliphatic carbocycles. The summed E-state index contributed by atoms with van der Waals surface area (Å²) < 4.78 is 5.30. The third-order valence-corrected chi connectivity index (χ3v) is 5.51. The topological polar surface area (TPSA) is 58.2 Å². The van der Waals surface area contributed by atoms with Gasteiger partial charge >= 0.3 is 0 Å². The summed E-state index contributed by atoms with van der Waals surface area (Å²) >= 11 is 0. The number of likely N-dealkylation sites (tertiary alicyclic amines) is 1. The maximum Gasteiger partial charge on any atom is 0.226 e. The normalized spacial score (nSPS) is 25.7. The summed E-state index contributed by atoms with van der Waals surface area (Å²) in [4.78, 5) is 15.0. The summed E-state index contributed by atoms with van der Waals surface area (Å²) in [7, 11) is 1.68. The van der Waals surface area contributed by atoms with Gasteiger partial charge in [0.1, 0.15) is 5.75 Å². The van der Waals surface area contributed by atoms with Gasteiger partial charge in [0.25, 0.3) is 0 Å². The fraction of sp³-hybridized carbons (Fsp3) is 0.500. The Labute approximate surface area is 148 Å². The molecule has 4 rings (SSSR count). The number of nitrogens with one attached hydrogen (secondary N) is 1. The Morgan fingerprint density at radius 2 is 2.24 bits per heavy atom. The van der Waals surface area contributed by atoms with E-state index in [0.717, 1.165) is 49.5 Å². The lowest BCUT2D eigenvalue weighted by Gasteiger charge is -2.32. The van der Waals surface area contributed by atoms with Gasteiger partial charge in [-0.05, 0) is 55.9 Å². The van der Waals surface area contributed by atoms with E-state index in [1.165, 1.54) is 5.56 Å². The number of nitrogens with zero attached hydrogens (tertiary/aromatic N) is 2. The highest BCUT2D eigenvalue weighted by Crippen LogP contribution is 2.49. The van der Waals surface area contributed by atoms with Crippen LogP contribution in [0.2, 0.25) is 0 Å². The van der Waals surface area contributed by atoms with Crippen molar-refractivity contribution in [3.8, 4) is 5.75 Å². The molecule has 1 saturated heterocycles. The first-order valence-electron chi connectivity index (χ1n) is 9.10. The molecule has 0 bridgehead atoms. The van der Waals surface area contributed by atoms with Gasteiger partial charge < -0.3 is 9.64 Å². The first-order chi connectivity index (χ1) is 12.2. The molecule has 5 nitrogen and oxygen atoms in total. The number of ether oxygens (including phenoxy) is 1. The van der Waals surface area contributed by atoms with Gasteiger partial charge in [-0.1, -0.05) is 12.1 Å². The molecule has 1 aromatic heterocycles. The van der Waals surface area contributed by atoms with Crippen LogP contribution in [0.15, 0.2) is 30.3 Å². The van der Waals surface area contributed by atoms with Crippen LogP contribution in [-0.4, -0.2) is 41.2 Å². The fourth-order valence-corrected chi connectivity index (χ4v) is 4.01. The predicted molar refractivity (Wildman–Crippen MR) is 95.7 cm³/mol. The Kier molecular flexibility index (Phi) is 4.24. The minimum absolute atomic E-state index is 0.131. The van der Waals surface area contributed by atoms with Gasteiger partial charge in [-0.2, -0.15) is 5.10 Å². The smallest absolute Gasteiger partial charge is 0.226 e. The molecule has 2 heterocycles. The van der Waals surface area contributed by atoms with Crippen molar-refractivity contribution in [2.24, 2.45) is 5.92 Å². The van der Waals surface area contributed by atoms with Crippen molar-refractivity contribution in [1.82, 2.24) is 15.1 Å². The Balaban J connectivity index is 1.41. The second-order valence-corrected chi connectivity index (χ2v) is 7.32. The molecule has 1 N–H and O–H groups in total. The second-order valence-electron chi connectivity index (χ2n) is 7.32. The third-order valence-electron chi connectivity index (χ3n) is 5.51. The molecule has 0 spiro atoms. The number of hydrogen-bond acceptors (Lipinski definition) is 3. The number of aryl methyl sites for hydroxylation is 1. The lowest BCUT2D eigenvalue weighted by molar-refractivity contribution is -0.133. The van der Waals surface area contributed by atoms with Crippen molar-refractivity contribution in [2.45, 2.75) is 38.0 Å². The second kappa shape index (κ2) is 6.54. The molecule has 2 fully saturated rings. The first kappa shape index (κ1) is 16.2. The number of aromatic amines is 1. The maximum absolute atomic E-state index is 12.9. The highest BCUT2D eigenvalue weighted by Gasteiger charge is 2.46. The minimum atomic E-state index is 0.131. The van der Waals surface area contributed by atoms with Crippen molar-refractivity contribution < 1.29 is 9.53 Å². The molecule has 0 unspecified atom stereocenters. The number of H-pyrrole nitrogens is 1. The van der Waals surface area contributed by atoms with Crippen LogP contribution in [0, 0.1) is 12.8 Å². The lowest BCUT2D eigenvalue weighted by Crippen LogP contribution is -2.40. The number of aromatic nitrogens is 2. The Morgan fingerprint density at radius 1 is 1.36 bits per heavy atom. The van der Waals surface area contributed by atoms with Crippen molar-refractivity contribution in [1.29, 1.82) is 0 Å². The standard InChI is InChI=1S/C20H25N3O2/c1-13-9-19(22-21-13)15-6-4-8-23(12-15)20(24)18-11-17(18)14-5-3-7-16(10-14)25-2/h3,5,7,9-10,15,17-18H,4,6,8,11-12H2,1-2H3,(H,21,22)/t15-,17+,18+/m1/s1. The molecule has 5 heteroatoms. The average molecular weight is 339 g/mol. The summed E-state index contributed by atoms with van der Waals surface area (Å²) in [5.74, 6) is 2.01. The molecule has 1 aromatic carbocycles. The van der Waals surface area contributed by atoms with E-state index in [1.807, 2.05) is 19.1 Å². The van der Waals surface area contributed by atoms with Crippen molar-refractivity contribution in [3.05, 3.63) is 47.3 Å². The number of benzene rings is 1. The van der Waals surface area contributed by atoms with E-state index < -0.39 is 0 Å². The molecule has 1 amide bonds. The van der Waals surface area contributed by atoms with Crippen LogP contribution < -0.4 is 4.74 Å². The van der Waals surface area contributed by atoms with Gasteiger partial charge in [0, 0.05) is 30.6 Å². The van der Waals surface area contributed by atoms with Crippen molar-refractivity contribution >= 4 is 5.91 Å². The van der Waals surface area contributed by atoms with Gasteiger partial charge in [-0.25, -0.2) is 0 Å². The number of methoxy groups -OCH3 is 1. The van der Waals surface area contributed by atoms with Gasteiger partial charge in [0.15, 0.2) is 0 Å². The molecule has 3 atom stereocenters. The maximum atomic E-state index is 12.9. The van der Waals surface area contributed by atoms with Gasteiger partial charge in [-0.3, -0.25) is 9.89 Å². The van der Waals surface area contributed by atoms with Crippen molar-refractivity contribution in [3.63, 3.8) is 0 Å². The fourth-order valence-electron chi connectivity index (χ4n) is 4.01. The minimum Gasteiger partial charge on any atom is -0.497 e. The average Bonchev–Trinajstić information content (AvgIpc) is 3.34. The van der Waals surface area contributed by atoms with Crippen LogP contribution >= 0.6 is 0 Å². The molecule has 0 radical (unpaired) electrons. The highest BCUT2D eigenvalue weighted by atomic mass is 16.5. The lowest BCUT2D eigenvalue weighted by atomic mass is 9.94. The summed E-state index contributed by atoms with van der Waals surface area (Å²) in [6, 6.07) is 10.2. The zero-order valence-corrected chi connectivity index (χ0v) is 14.9. The molecule has 1 aliphatic heterocycles. The van der Waals surface area contributed by atoms with E-state index in [1.54, 1.807) is 7.11 Å². The monoisotopic (exact) mass is 339 g/mol. The van der Waals surface area contributed by atoms with E-state index in [9.17, 15) is 4.79 Å². The Hall–Kier alpha value is -2.30. The van der Waals surface area contributed by atoms with Crippen molar-refractivity contribution in [2.75, 3.05) is 20.2 Å². The number of amides is 1. The molecular formula is C20H25N3O2. The number of rotatable bonds is 4. The van der Waals surface area contributed by atoms with Crippen LogP contribution in [0.4, 0.5) is 0 Å². The predicted octanol–water partition coefficient (Wildman–Crippen LogP) is 3.24. The summed E-state index contributed by atoms with van der Waals surface area (Å²) in [6.07, 6.45) is 3.12. The molecule has 132 valence electrons. The summed E-state index contributed by atoms with van der Waals surface area (Å²) in [5.41, 5.74) is 3.39. The van der Waals surface area contributed by atoms with Gasteiger partial charge in [0.2, 0.25) is 5.91 Å². The van der Waals surface area contributed by atoms with E-state index in [-0.39, 0.29) is 5.92 Å². The molecule has 1 saturated carbocycles. The number of hydrogen-bond donors (Lipinski definition) is 1. The number of carbonyl (C=O) groups excluding carboxylic acids is 1. The molecule has 25 heavy (non-hydrogen) atoms. The zero-order valence-electron chi connectivity index (χ0n) is 14.9. The summed E-state index contributed by atoms with van der Waals surface area (Å²) in [5, 5.41) is 7.42. The number of carbonyl (C=O) groups is 1. The van der Waals surface area contributed by atoms with E-state index in [0.29, 0.717) is 17.7 Å². The van der Waals surface area contributed by atoms with Crippen LogP contribution in [-0.2, 0) is 4.79 Å². The Morgan fingerprint density at radius 3 is 3.00 bits per heavy atom. The molecular weight excluding hydrogens is 314 g/mol. The van der Waals surface area contributed by atoms with Crippen LogP contribution in [0.3, 0.4) is 0 Å². The van der Waals surface area contributed by atoms with Gasteiger partial charge in [-0.15, -0.1) is 0 Å². The third kappa shape index (κ3) is 3.28. The highest BCUT2D eigenvalue weighted by molar-refractivity contribution is 5.83. The first-order valence-corrected chi connectivity index (χ1v) is 9.10. The Bertz CT molecular complexity index is 770. The largest absolute Gasteiger partial charge is 0.497 e. The number of piperidine rings is 1. The van der Waals surface area contributed by atoms with Crippen LogP contribution in [0.5, 0.6) is 5.75 Å². The van der Waals surface area contributed by atoms with E-state index in [4.69, 9.17) is 4.74 Å². The molecule has 2 aliphatic rings. The zero-order chi connectivity index (χ0) is 17.4. The van der Waals surface area contributed by atoms with E-state index >= 15 is 0 Å². The SMILES string of the molecule is COc1cccc([C@@H]2C[C@@H]2C(=O)N2CCC[C@@H](c3cc(C)[nH]n3)C2)c1. The van der Waals surface area contributed by atoms with Crippen LogP contribution in [0.1, 0.15) is 48.0 Å². The van der Waals surface area contributed by atoms with E-state index in [2.05, 4.69) is 33.3 Å². The van der Waals surface area contributed by atoms with Gasteiger partial charge in [0.05, 0.1) is 12.8 Å². The molecule has 2 aromatic rings.